The number of hydrogen-bond acceptors (Lipinski definition) is 7. The lowest BCUT2D eigenvalue weighted by Crippen LogP contribution is -2.33. The van der Waals surface area contributed by atoms with Gasteiger partial charge >= 0.3 is 0 Å². The average molecular weight is 896 g/mol. The van der Waals surface area contributed by atoms with Gasteiger partial charge in [-0.05, 0) is 109 Å². The molecule has 0 saturated carbocycles. The van der Waals surface area contributed by atoms with E-state index in [1.54, 1.807) is 0 Å². The molecule has 1 spiro atoms. The molecule has 2 aliphatic heterocycles. The maximum atomic E-state index is 10.0. The maximum Gasteiger partial charge on any atom is 0.151 e. The largest absolute Gasteiger partial charge is 0.457 e. The van der Waals surface area contributed by atoms with Gasteiger partial charge in [-0.3, -0.25) is 9.97 Å². The molecule has 9 nitrogen and oxygen atoms in total. The first kappa shape index (κ1) is 38.2. The Morgan fingerprint density at radius 2 is 0.857 bits per heavy atom. The fourth-order valence-corrected chi connectivity index (χ4v) is 11.6. The molecular formula is C61H33N7O2. The van der Waals surface area contributed by atoms with E-state index < -0.39 is 5.41 Å². The van der Waals surface area contributed by atoms with Crippen molar-refractivity contribution in [3.63, 3.8) is 0 Å². The average Bonchev–Trinajstić information content (AvgIpc) is 4.03. The minimum atomic E-state index is -1.01. The normalized spacial score (nSPS) is 14.8. The van der Waals surface area contributed by atoms with Crippen molar-refractivity contribution in [3.8, 4) is 57.9 Å². The maximum absolute atomic E-state index is 10.0. The molecule has 4 aromatic heterocycles. The number of nitrogens with zero attached hydrogens (tertiary/aromatic N) is 7. The molecule has 1 atom stereocenters. The van der Waals surface area contributed by atoms with Crippen molar-refractivity contribution in [2.75, 3.05) is 4.90 Å². The summed E-state index contributed by atoms with van der Waals surface area (Å²) in [7, 11) is 0. The monoisotopic (exact) mass is 895 g/mol. The number of anilines is 3. The van der Waals surface area contributed by atoms with Crippen molar-refractivity contribution >= 4 is 60.7 Å². The Labute approximate surface area is 400 Å². The molecule has 6 heterocycles. The van der Waals surface area contributed by atoms with Gasteiger partial charge in [0.2, 0.25) is 0 Å². The van der Waals surface area contributed by atoms with Crippen LogP contribution in [0.2, 0.25) is 0 Å². The summed E-state index contributed by atoms with van der Waals surface area (Å²) in [5.74, 6) is 2.94. The van der Waals surface area contributed by atoms with Crippen molar-refractivity contribution in [2.45, 2.75) is 5.41 Å². The van der Waals surface area contributed by atoms with Gasteiger partial charge in [0.05, 0.1) is 97.3 Å². The predicted octanol–water partition coefficient (Wildman–Crippen LogP) is 14.5. The number of nitriles is 2. The van der Waals surface area contributed by atoms with Crippen LogP contribution in [0, 0.1) is 22.7 Å². The summed E-state index contributed by atoms with van der Waals surface area (Å²) in [5.41, 5.74) is 13.9. The van der Waals surface area contributed by atoms with E-state index in [2.05, 4.69) is 129 Å². The molecule has 0 N–H and O–H groups in total. The zero-order valence-electron chi connectivity index (χ0n) is 37.0. The minimum Gasteiger partial charge on any atom is -0.457 e. The summed E-state index contributed by atoms with van der Waals surface area (Å²) in [6.45, 7) is 0. The van der Waals surface area contributed by atoms with Crippen LogP contribution in [0.15, 0.2) is 200 Å². The van der Waals surface area contributed by atoms with Crippen LogP contribution in [-0.2, 0) is 5.41 Å². The smallest absolute Gasteiger partial charge is 0.151 e. The molecule has 8 aromatic carbocycles. The van der Waals surface area contributed by atoms with E-state index >= 15 is 0 Å². The Bertz CT molecular complexity index is 4210. The Morgan fingerprint density at radius 3 is 1.49 bits per heavy atom. The number of benzene rings is 8. The van der Waals surface area contributed by atoms with Crippen LogP contribution in [0.25, 0.3) is 66.4 Å². The highest BCUT2D eigenvalue weighted by molar-refractivity contribution is 6.11. The first-order chi connectivity index (χ1) is 34.6. The van der Waals surface area contributed by atoms with Gasteiger partial charge in [-0.25, -0.2) is 0 Å². The lowest BCUT2D eigenvalue weighted by atomic mass is 9.66. The van der Waals surface area contributed by atoms with Crippen LogP contribution >= 0.6 is 0 Å². The van der Waals surface area contributed by atoms with Crippen molar-refractivity contribution in [1.29, 1.82) is 10.5 Å². The van der Waals surface area contributed by atoms with Gasteiger partial charge in [0, 0.05) is 49.5 Å². The molecule has 15 rings (SSSR count). The highest BCUT2D eigenvalue weighted by atomic mass is 16.5. The Kier molecular flexibility index (Phi) is 7.65. The summed E-state index contributed by atoms with van der Waals surface area (Å²) in [6.07, 6.45) is 3.94. The van der Waals surface area contributed by atoms with Crippen LogP contribution in [0.1, 0.15) is 33.4 Å². The molecule has 1 aliphatic carbocycles. The van der Waals surface area contributed by atoms with Crippen LogP contribution in [0.4, 0.5) is 17.1 Å². The molecule has 324 valence electrons. The fourth-order valence-electron chi connectivity index (χ4n) is 11.6. The second kappa shape index (κ2) is 14.0. The van der Waals surface area contributed by atoms with E-state index in [-0.39, 0.29) is 0 Å². The third-order valence-electron chi connectivity index (χ3n) is 14.5. The zero-order valence-corrected chi connectivity index (χ0v) is 37.0. The van der Waals surface area contributed by atoms with Gasteiger partial charge in [0.1, 0.15) is 11.5 Å². The van der Waals surface area contributed by atoms with Crippen LogP contribution in [-0.4, -0.2) is 19.1 Å². The van der Waals surface area contributed by atoms with E-state index in [0.717, 1.165) is 123 Å². The number of ether oxygens (including phenoxy) is 2. The molecule has 9 heteroatoms. The van der Waals surface area contributed by atoms with E-state index in [1.165, 1.54) is 0 Å². The number of para-hydroxylation sites is 7. The topological polar surface area (TPSA) is 105 Å². The molecule has 0 fully saturated rings. The van der Waals surface area contributed by atoms with Crippen LogP contribution in [0.5, 0.6) is 23.0 Å². The molecule has 0 saturated heterocycles. The molecular weight excluding hydrogens is 863 g/mol. The molecule has 1 unspecified atom stereocenters. The van der Waals surface area contributed by atoms with Crippen LogP contribution in [0.3, 0.4) is 0 Å². The van der Waals surface area contributed by atoms with E-state index in [0.29, 0.717) is 16.9 Å². The molecule has 0 radical (unpaired) electrons. The molecule has 0 bridgehead atoms. The van der Waals surface area contributed by atoms with Gasteiger partial charge in [-0.1, -0.05) is 78.9 Å². The van der Waals surface area contributed by atoms with E-state index in [1.807, 2.05) is 97.3 Å². The second-order valence-electron chi connectivity index (χ2n) is 18.0. The number of aromatic nitrogens is 4. The van der Waals surface area contributed by atoms with Crippen LogP contribution < -0.4 is 14.4 Å². The van der Waals surface area contributed by atoms with Gasteiger partial charge in [-0.2, -0.15) is 10.5 Å². The van der Waals surface area contributed by atoms with Gasteiger partial charge < -0.3 is 23.5 Å². The van der Waals surface area contributed by atoms with Crippen molar-refractivity contribution in [3.05, 3.63) is 234 Å². The molecule has 0 amide bonds. The summed E-state index contributed by atoms with van der Waals surface area (Å²) >= 11 is 0. The second-order valence-corrected chi connectivity index (χ2v) is 18.0. The standard InChI is InChI=1S/C61H33N7O2/c62-32-36-21-24-51-43(27-36)44-28-37(33-63)22-25-52(44)66(51)38-23-26-56-46(29-38)61(45-13-3-8-18-55(45)69-56)47-30-39(67-49-14-4-1-11-41(49)42-12-2-5-15-50(42)67)34-64-59(47)60-48(61)31-40(35-65-60)68-53-16-6-9-19-57(53)70-58-20-10-7-17-54(58)68/h1-31,34-35H. The van der Waals surface area contributed by atoms with E-state index in [4.69, 9.17) is 19.4 Å². The molecule has 12 aromatic rings. The highest BCUT2D eigenvalue weighted by Gasteiger charge is 2.53. The molecule has 70 heavy (non-hydrogen) atoms. The van der Waals surface area contributed by atoms with Gasteiger partial charge in [0.15, 0.2) is 11.5 Å². The summed E-state index contributed by atoms with van der Waals surface area (Å²) < 4.78 is 18.0. The third-order valence-corrected chi connectivity index (χ3v) is 14.5. The minimum absolute atomic E-state index is 0.544. The number of hydrogen-bond donors (Lipinski definition) is 0. The number of fused-ring (bicyclic) bond motifs is 17. The highest BCUT2D eigenvalue weighted by Crippen LogP contribution is 2.63. The Hall–Kier alpha value is -9.96. The summed E-state index contributed by atoms with van der Waals surface area (Å²) in [6, 6.07) is 68.8. The number of rotatable bonds is 3. The fraction of sp³-hybridized carbons (Fsp3) is 0.0164. The Balaban J connectivity index is 1.06. The quantitative estimate of drug-likeness (QED) is 0.174. The zero-order chi connectivity index (χ0) is 46.2. The summed E-state index contributed by atoms with van der Waals surface area (Å²) in [4.78, 5) is 13.1. The first-order valence-corrected chi connectivity index (χ1v) is 23.1. The lowest BCUT2D eigenvalue weighted by Gasteiger charge is -2.40. The predicted molar refractivity (Wildman–Crippen MR) is 272 cm³/mol. The lowest BCUT2D eigenvalue weighted by molar-refractivity contribution is 0.436. The first-order valence-electron chi connectivity index (χ1n) is 23.1. The molecule has 3 aliphatic rings. The van der Waals surface area contributed by atoms with Crippen molar-refractivity contribution in [1.82, 2.24) is 19.1 Å². The SMILES string of the molecule is N#Cc1ccc2c(c1)c1cc(C#N)ccc1n2-c1ccc2c(c1)C1(c3ccccc3O2)c2cc(N3c4ccccc4Oc4ccccc43)cnc2-c2ncc(-n3c4ccccc4c4ccccc43)cc21. The number of pyridine rings is 2. The third kappa shape index (κ3) is 5.02. The van der Waals surface area contributed by atoms with Gasteiger partial charge in [0.25, 0.3) is 0 Å². The van der Waals surface area contributed by atoms with Gasteiger partial charge in [-0.15, -0.1) is 0 Å². The van der Waals surface area contributed by atoms with Crippen molar-refractivity contribution < 1.29 is 9.47 Å². The van der Waals surface area contributed by atoms with E-state index in [9.17, 15) is 10.5 Å². The summed E-state index contributed by atoms with van der Waals surface area (Å²) in [5, 5.41) is 24.1. The Morgan fingerprint density at radius 1 is 0.386 bits per heavy atom. The van der Waals surface area contributed by atoms with Crippen molar-refractivity contribution in [2.24, 2.45) is 0 Å².